The maximum Gasteiger partial charge on any atom is 0.123 e. The highest BCUT2D eigenvalue weighted by atomic mass is 19.1. The molecule has 0 bridgehead atoms. The second-order valence-electron chi connectivity index (χ2n) is 7.01. The van der Waals surface area contributed by atoms with Crippen molar-refractivity contribution < 1.29 is 4.39 Å². The van der Waals surface area contributed by atoms with E-state index in [4.69, 9.17) is 0 Å². The number of hydrogen-bond acceptors (Lipinski definition) is 1. The minimum atomic E-state index is -0.156. The summed E-state index contributed by atoms with van der Waals surface area (Å²) in [4.78, 5) is 0. The van der Waals surface area contributed by atoms with Crippen LogP contribution in [-0.2, 0) is 5.41 Å². The summed E-state index contributed by atoms with van der Waals surface area (Å²) in [6, 6.07) is 7.47. The van der Waals surface area contributed by atoms with E-state index in [1.54, 1.807) is 12.1 Å². The van der Waals surface area contributed by atoms with Gasteiger partial charge in [0.1, 0.15) is 5.82 Å². The predicted octanol–water partition coefficient (Wildman–Crippen LogP) is 4.52. The van der Waals surface area contributed by atoms with E-state index in [1.165, 1.54) is 31.2 Å². The molecule has 2 heteroatoms. The van der Waals surface area contributed by atoms with Crippen LogP contribution in [0.2, 0.25) is 0 Å². The minimum absolute atomic E-state index is 0.0215. The zero-order valence-corrected chi connectivity index (χ0v) is 13.2. The molecule has 1 aliphatic carbocycles. The van der Waals surface area contributed by atoms with Gasteiger partial charge in [-0.1, -0.05) is 45.7 Å². The van der Waals surface area contributed by atoms with Gasteiger partial charge in [-0.25, -0.2) is 4.39 Å². The van der Waals surface area contributed by atoms with Crippen LogP contribution in [0.25, 0.3) is 0 Å². The second-order valence-corrected chi connectivity index (χ2v) is 7.01. The van der Waals surface area contributed by atoms with Gasteiger partial charge < -0.3 is 5.32 Å². The quantitative estimate of drug-likeness (QED) is 0.853. The van der Waals surface area contributed by atoms with Crippen LogP contribution in [0.3, 0.4) is 0 Å². The zero-order chi connectivity index (χ0) is 14.8. The average molecular weight is 277 g/mol. The van der Waals surface area contributed by atoms with E-state index < -0.39 is 0 Å². The summed E-state index contributed by atoms with van der Waals surface area (Å²) in [5, 5.41) is 3.55. The molecule has 1 aromatic carbocycles. The summed E-state index contributed by atoms with van der Waals surface area (Å²) >= 11 is 0. The fourth-order valence-corrected chi connectivity index (χ4v) is 3.86. The van der Waals surface area contributed by atoms with Crippen LogP contribution in [0.15, 0.2) is 24.3 Å². The highest BCUT2D eigenvalue weighted by Gasteiger charge is 2.37. The molecule has 112 valence electrons. The monoisotopic (exact) mass is 277 g/mol. The molecule has 1 unspecified atom stereocenters. The molecule has 0 aliphatic heterocycles. The summed E-state index contributed by atoms with van der Waals surface area (Å²) in [5.41, 5.74) is 1.24. The lowest BCUT2D eigenvalue weighted by atomic mass is 9.67. The number of rotatable bonds is 4. The normalized spacial score (nSPS) is 25.4. The molecule has 1 fully saturated rings. The van der Waals surface area contributed by atoms with Gasteiger partial charge in [0.15, 0.2) is 0 Å². The molecule has 0 spiro atoms. The largest absolute Gasteiger partial charge is 0.316 e. The molecule has 0 saturated heterocycles. The van der Waals surface area contributed by atoms with Gasteiger partial charge in [0, 0.05) is 11.5 Å². The first kappa shape index (κ1) is 15.5. The fraction of sp³-hybridized carbons (Fsp3) is 0.667. The van der Waals surface area contributed by atoms with E-state index in [-0.39, 0.29) is 11.2 Å². The highest BCUT2D eigenvalue weighted by Crippen LogP contribution is 2.38. The smallest absolute Gasteiger partial charge is 0.123 e. The first-order valence-corrected chi connectivity index (χ1v) is 7.88. The Kier molecular flexibility index (Phi) is 4.85. The fourth-order valence-electron chi connectivity index (χ4n) is 3.86. The van der Waals surface area contributed by atoms with Crippen molar-refractivity contribution in [2.24, 2.45) is 11.8 Å². The Hall–Kier alpha value is -0.890. The zero-order valence-electron chi connectivity index (χ0n) is 13.2. The summed E-state index contributed by atoms with van der Waals surface area (Å²) in [6.07, 6.45) is 5.28. The molecule has 1 aromatic rings. The first-order chi connectivity index (χ1) is 9.45. The van der Waals surface area contributed by atoms with Crippen molar-refractivity contribution in [3.05, 3.63) is 35.6 Å². The average Bonchev–Trinajstić information content (AvgIpc) is 2.42. The Morgan fingerprint density at radius 1 is 1.10 bits per heavy atom. The van der Waals surface area contributed by atoms with Crippen LogP contribution in [0.4, 0.5) is 4.39 Å². The van der Waals surface area contributed by atoms with Gasteiger partial charge in [-0.05, 0) is 49.4 Å². The Labute approximate surface area is 123 Å². The Morgan fingerprint density at radius 2 is 1.65 bits per heavy atom. The number of hydrogen-bond donors (Lipinski definition) is 1. The molecule has 20 heavy (non-hydrogen) atoms. The van der Waals surface area contributed by atoms with Gasteiger partial charge in [0.2, 0.25) is 0 Å². The third-order valence-electron chi connectivity index (χ3n) is 5.21. The van der Waals surface area contributed by atoms with Crippen LogP contribution in [-0.4, -0.2) is 13.1 Å². The molecule has 1 nitrogen and oxygen atoms in total. The van der Waals surface area contributed by atoms with Crippen molar-refractivity contribution >= 4 is 0 Å². The third-order valence-corrected chi connectivity index (χ3v) is 5.21. The Balaban J connectivity index is 2.18. The molecular weight excluding hydrogens is 249 g/mol. The van der Waals surface area contributed by atoms with Crippen molar-refractivity contribution in [3.63, 3.8) is 0 Å². The first-order valence-electron chi connectivity index (χ1n) is 7.88. The Morgan fingerprint density at radius 3 is 2.15 bits per heavy atom. The summed E-state index contributed by atoms with van der Waals surface area (Å²) in [6.45, 7) is 6.91. The van der Waals surface area contributed by atoms with Gasteiger partial charge in [0.05, 0.1) is 0 Å². The molecule has 1 N–H and O–H groups in total. The molecular formula is C18H28FN. The van der Waals surface area contributed by atoms with Crippen molar-refractivity contribution in [1.29, 1.82) is 0 Å². The molecule has 1 saturated carbocycles. The SMILES string of the molecule is CNC(C1CCC(C)CC1)C(C)(C)c1ccc(F)cc1. The van der Waals surface area contributed by atoms with Crippen LogP contribution >= 0.6 is 0 Å². The van der Waals surface area contributed by atoms with E-state index in [1.807, 2.05) is 12.1 Å². The van der Waals surface area contributed by atoms with E-state index in [9.17, 15) is 4.39 Å². The van der Waals surface area contributed by atoms with Crippen molar-refractivity contribution in [1.82, 2.24) is 5.32 Å². The van der Waals surface area contributed by atoms with Gasteiger partial charge in [-0.3, -0.25) is 0 Å². The minimum Gasteiger partial charge on any atom is -0.316 e. The molecule has 0 heterocycles. The summed E-state index contributed by atoms with van der Waals surface area (Å²) in [7, 11) is 2.06. The lowest BCUT2D eigenvalue weighted by Crippen LogP contribution is -2.49. The maximum absolute atomic E-state index is 13.1. The van der Waals surface area contributed by atoms with Gasteiger partial charge in [-0.15, -0.1) is 0 Å². The molecule has 1 aliphatic rings. The standard InChI is InChI=1S/C18H28FN/c1-13-5-7-14(8-6-13)17(20-4)18(2,3)15-9-11-16(19)12-10-15/h9-14,17,20H,5-8H2,1-4H3. The maximum atomic E-state index is 13.1. The van der Waals surface area contributed by atoms with E-state index >= 15 is 0 Å². The second kappa shape index (κ2) is 6.26. The van der Waals surface area contributed by atoms with Crippen molar-refractivity contribution in [2.45, 2.75) is 57.9 Å². The van der Waals surface area contributed by atoms with Crippen LogP contribution in [0.1, 0.15) is 52.0 Å². The third kappa shape index (κ3) is 3.22. The highest BCUT2D eigenvalue weighted by molar-refractivity contribution is 5.27. The van der Waals surface area contributed by atoms with E-state index in [0.29, 0.717) is 6.04 Å². The topological polar surface area (TPSA) is 12.0 Å². The molecule has 0 aromatic heterocycles. The van der Waals surface area contributed by atoms with Gasteiger partial charge in [-0.2, -0.15) is 0 Å². The molecule has 0 amide bonds. The van der Waals surface area contributed by atoms with E-state index in [0.717, 1.165) is 11.8 Å². The predicted molar refractivity (Wildman–Crippen MR) is 83.4 cm³/mol. The number of likely N-dealkylation sites (N-methyl/N-ethyl adjacent to an activating group) is 1. The van der Waals surface area contributed by atoms with Crippen molar-refractivity contribution in [2.75, 3.05) is 7.05 Å². The summed E-state index contributed by atoms with van der Waals surface area (Å²) < 4.78 is 13.1. The van der Waals surface area contributed by atoms with Crippen LogP contribution in [0.5, 0.6) is 0 Å². The number of benzene rings is 1. The summed E-state index contributed by atoms with van der Waals surface area (Å²) in [5.74, 6) is 1.44. The van der Waals surface area contributed by atoms with Crippen LogP contribution in [0, 0.1) is 17.7 Å². The number of halogens is 1. The lowest BCUT2D eigenvalue weighted by Gasteiger charge is -2.42. The van der Waals surface area contributed by atoms with Crippen LogP contribution < -0.4 is 5.32 Å². The lowest BCUT2D eigenvalue weighted by molar-refractivity contribution is 0.182. The molecule has 1 atom stereocenters. The number of nitrogens with one attached hydrogen (secondary N) is 1. The molecule has 0 radical (unpaired) electrons. The van der Waals surface area contributed by atoms with Gasteiger partial charge in [0.25, 0.3) is 0 Å². The van der Waals surface area contributed by atoms with Gasteiger partial charge >= 0.3 is 0 Å². The molecule has 2 rings (SSSR count). The van der Waals surface area contributed by atoms with E-state index in [2.05, 4.69) is 33.1 Å². The Bertz CT molecular complexity index is 416. The van der Waals surface area contributed by atoms with Crippen molar-refractivity contribution in [3.8, 4) is 0 Å².